The van der Waals surface area contributed by atoms with Crippen LogP contribution in [0.25, 0.3) is 0 Å². The zero-order chi connectivity index (χ0) is 21.9. The van der Waals surface area contributed by atoms with Crippen molar-refractivity contribution in [1.29, 1.82) is 0 Å². The number of rotatable bonds is 7. The van der Waals surface area contributed by atoms with Gasteiger partial charge < -0.3 is 9.80 Å². The van der Waals surface area contributed by atoms with Gasteiger partial charge in [0.2, 0.25) is 11.9 Å². The van der Waals surface area contributed by atoms with Gasteiger partial charge in [-0.1, -0.05) is 49.0 Å². The molecule has 0 atom stereocenters. The maximum absolute atomic E-state index is 12.9. The molecule has 3 fully saturated rings. The third-order valence-electron chi connectivity index (χ3n) is 6.92. The highest BCUT2D eigenvalue weighted by Crippen LogP contribution is 2.41. The number of piperazine rings is 1. The predicted octanol–water partition coefficient (Wildman–Crippen LogP) is 3.29. The molecule has 2 aromatic rings. The molecule has 8 heteroatoms. The van der Waals surface area contributed by atoms with Crippen molar-refractivity contribution in [2.75, 3.05) is 49.9 Å². The largest absolute Gasteiger partial charge is 0.341 e. The molecular formula is C24H34N6OS. The van der Waals surface area contributed by atoms with E-state index in [1.165, 1.54) is 31.2 Å². The average Bonchev–Trinajstić information content (AvgIpc) is 3.58. The fourth-order valence-electron chi connectivity index (χ4n) is 4.66. The Balaban J connectivity index is 1.14. The third kappa shape index (κ3) is 5.12. The molecule has 1 saturated carbocycles. The first-order valence-electron chi connectivity index (χ1n) is 12.0. The number of amides is 1. The summed E-state index contributed by atoms with van der Waals surface area (Å²) >= 11 is 1.56. The van der Waals surface area contributed by atoms with E-state index < -0.39 is 0 Å². The van der Waals surface area contributed by atoms with Crippen molar-refractivity contribution < 1.29 is 4.79 Å². The molecule has 1 aliphatic carbocycles. The van der Waals surface area contributed by atoms with Crippen molar-refractivity contribution >= 4 is 23.6 Å². The van der Waals surface area contributed by atoms with Crippen LogP contribution < -0.4 is 4.90 Å². The van der Waals surface area contributed by atoms with Gasteiger partial charge in [0.1, 0.15) is 0 Å². The quantitative estimate of drug-likeness (QED) is 0.599. The lowest BCUT2D eigenvalue weighted by Gasteiger charge is -2.34. The molecule has 2 aliphatic heterocycles. The lowest BCUT2D eigenvalue weighted by Crippen LogP contribution is -2.48. The van der Waals surface area contributed by atoms with Gasteiger partial charge in [0.15, 0.2) is 5.16 Å². The summed E-state index contributed by atoms with van der Waals surface area (Å²) < 4.78 is 2.31. The molecule has 0 spiro atoms. The second-order valence-corrected chi connectivity index (χ2v) is 10.4. The maximum atomic E-state index is 12.9. The molecule has 3 aliphatic rings. The molecule has 1 aromatic carbocycles. The van der Waals surface area contributed by atoms with Gasteiger partial charge in [-0.25, -0.2) is 0 Å². The highest BCUT2D eigenvalue weighted by Gasteiger charge is 2.33. The van der Waals surface area contributed by atoms with Crippen LogP contribution in [0.15, 0.2) is 35.5 Å². The summed E-state index contributed by atoms with van der Waals surface area (Å²) in [5, 5.41) is 9.97. The Kier molecular flexibility index (Phi) is 6.69. The molecule has 0 bridgehead atoms. The van der Waals surface area contributed by atoms with Crippen LogP contribution in [-0.4, -0.2) is 75.5 Å². The van der Waals surface area contributed by atoms with E-state index in [9.17, 15) is 4.79 Å². The second-order valence-electron chi connectivity index (χ2n) is 9.48. The van der Waals surface area contributed by atoms with Crippen LogP contribution in [0, 0.1) is 5.92 Å². The van der Waals surface area contributed by atoms with Gasteiger partial charge in [-0.3, -0.25) is 14.3 Å². The molecule has 32 heavy (non-hydrogen) atoms. The van der Waals surface area contributed by atoms with Crippen molar-refractivity contribution in [3.63, 3.8) is 0 Å². The van der Waals surface area contributed by atoms with Gasteiger partial charge in [0.25, 0.3) is 0 Å². The molecule has 1 amide bonds. The monoisotopic (exact) mass is 454 g/mol. The fraction of sp³-hybridized carbons (Fsp3) is 0.625. The van der Waals surface area contributed by atoms with Crippen LogP contribution in [0.2, 0.25) is 0 Å². The number of piperidine rings is 1. The topological polar surface area (TPSA) is 57.5 Å². The minimum atomic E-state index is 0.216. The molecule has 0 unspecified atom stereocenters. The highest BCUT2D eigenvalue weighted by molar-refractivity contribution is 7.99. The molecule has 0 radical (unpaired) electrons. The zero-order valence-corrected chi connectivity index (χ0v) is 19.8. The Hall–Kier alpha value is -2.06. The summed E-state index contributed by atoms with van der Waals surface area (Å²) in [5.41, 5.74) is 1.33. The van der Waals surface area contributed by atoms with Crippen LogP contribution in [0.4, 0.5) is 5.95 Å². The summed E-state index contributed by atoms with van der Waals surface area (Å²) in [5.74, 6) is 2.47. The molecule has 7 nitrogen and oxygen atoms in total. The molecule has 5 rings (SSSR count). The molecule has 1 aromatic heterocycles. The number of hydrogen-bond donors (Lipinski definition) is 0. The first-order valence-corrected chi connectivity index (χ1v) is 13.0. The first kappa shape index (κ1) is 21.8. The standard InChI is InChI=1S/C24H34N6OS/c1-19-9-11-29(12-10-19)23-25-26-24(30(23)21-7-8-21)32-18-22(31)28-15-13-27(14-16-28)17-20-5-3-2-4-6-20/h2-6,19,21H,7-18H2,1H3. The number of nitrogens with zero attached hydrogens (tertiary/aromatic N) is 6. The third-order valence-corrected chi connectivity index (χ3v) is 7.85. The fourth-order valence-corrected chi connectivity index (χ4v) is 5.56. The van der Waals surface area contributed by atoms with Crippen LogP contribution >= 0.6 is 11.8 Å². The minimum Gasteiger partial charge on any atom is -0.341 e. The summed E-state index contributed by atoms with van der Waals surface area (Å²) in [6, 6.07) is 11.1. The first-order chi connectivity index (χ1) is 15.7. The van der Waals surface area contributed by atoms with Gasteiger partial charge in [-0.15, -0.1) is 10.2 Å². The lowest BCUT2D eigenvalue weighted by atomic mass is 10.00. The van der Waals surface area contributed by atoms with Crippen molar-refractivity contribution in [3.8, 4) is 0 Å². The number of carbonyl (C=O) groups is 1. The zero-order valence-electron chi connectivity index (χ0n) is 19.0. The summed E-state index contributed by atoms with van der Waals surface area (Å²) in [7, 11) is 0. The number of thioether (sulfide) groups is 1. The van der Waals surface area contributed by atoms with E-state index in [0.29, 0.717) is 11.8 Å². The van der Waals surface area contributed by atoms with Gasteiger partial charge in [0.05, 0.1) is 5.75 Å². The number of benzene rings is 1. The SMILES string of the molecule is CC1CCN(c2nnc(SCC(=O)N3CCN(Cc4ccccc4)CC3)n2C2CC2)CC1. The highest BCUT2D eigenvalue weighted by atomic mass is 32.2. The lowest BCUT2D eigenvalue weighted by molar-refractivity contribution is -0.130. The van der Waals surface area contributed by atoms with E-state index in [1.807, 2.05) is 4.90 Å². The van der Waals surface area contributed by atoms with Gasteiger partial charge in [0, 0.05) is 51.9 Å². The van der Waals surface area contributed by atoms with Crippen molar-refractivity contribution in [3.05, 3.63) is 35.9 Å². The van der Waals surface area contributed by atoms with Crippen molar-refractivity contribution in [2.24, 2.45) is 5.92 Å². The van der Waals surface area contributed by atoms with E-state index in [4.69, 9.17) is 0 Å². The number of hydrogen-bond acceptors (Lipinski definition) is 6. The summed E-state index contributed by atoms with van der Waals surface area (Å²) in [6.07, 6.45) is 4.82. The Morgan fingerprint density at radius 1 is 0.969 bits per heavy atom. The minimum absolute atomic E-state index is 0.216. The second kappa shape index (κ2) is 9.83. The Labute approximate surface area is 195 Å². The molecule has 3 heterocycles. The van der Waals surface area contributed by atoms with E-state index in [-0.39, 0.29) is 5.91 Å². The van der Waals surface area contributed by atoms with E-state index in [0.717, 1.165) is 62.8 Å². The van der Waals surface area contributed by atoms with Gasteiger partial charge in [-0.2, -0.15) is 0 Å². The maximum Gasteiger partial charge on any atom is 0.233 e. The average molecular weight is 455 g/mol. The Morgan fingerprint density at radius 2 is 1.69 bits per heavy atom. The van der Waals surface area contributed by atoms with Crippen LogP contribution in [0.5, 0.6) is 0 Å². The van der Waals surface area contributed by atoms with E-state index >= 15 is 0 Å². The molecule has 2 saturated heterocycles. The van der Waals surface area contributed by atoms with Crippen LogP contribution in [-0.2, 0) is 11.3 Å². The Morgan fingerprint density at radius 3 is 2.38 bits per heavy atom. The molecule has 172 valence electrons. The van der Waals surface area contributed by atoms with E-state index in [2.05, 4.69) is 61.8 Å². The molecular weight excluding hydrogens is 420 g/mol. The van der Waals surface area contributed by atoms with Crippen LogP contribution in [0.3, 0.4) is 0 Å². The number of aromatic nitrogens is 3. The summed E-state index contributed by atoms with van der Waals surface area (Å²) in [4.78, 5) is 19.7. The van der Waals surface area contributed by atoms with Crippen LogP contribution in [0.1, 0.15) is 44.2 Å². The predicted molar refractivity (Wildman–Crippen MR) is 128 cm³/mol. The van der Waals surface area contributed by atoms with Crippen molar-refractivity contribution in [2.45, 2.75) is 50.4 Å². The van der Waals surface area contributed by atoms with Gasteiger partial charge >= 0.3 is 0 Å². The smallest absolute Gasteiger partial charge is 0.233 e. The van der Waals surface area contributed by atoms with Crippen molar-refractivity contribution in [1.82, 2.24) is 24.6 Å². The number of carbonyl (C=O) groups excluding carboxylic acids is 1. The Bertz CT molecular complexity index is 898. The van der Waals surface area contributed by atoms with E-state index in [1.54, 1.807) is 11.8 Å². The summed E-state index contributed by atoms with van der Waals surface area (Å²) in [6.45, 7) is 8.88. The number of anilines is 1. The normalized spacial score (nSPS) is 20.7. The molecule has 0 N–H and O–H groups in total. The van der Waals surface area contributed by atoms with Gasteiger partial charge in [-0.05, 0) is 37.2 Å².